The van der Waals surface area contributed by atoms with Crippen molar-refractivity contribution in [1.82, 2.24) is 9.80 Å². The van der Waals surface area contributed by atoms with E-state index in [2.05, 4.69) is 25.5 Å². The molecule has 0 aromatic carbocycles. The number of hydrogen-bond acceptors (Lipinski definition) is 7. The maximum atomic E-state index is 12.9. The Morgan fingerprint density at radius 2 is 1.94 bits per heavy atom. The molecule has 0 spiro atoms. The number of fused-ring (bicyclic) bond motifs is 1. The van der Waals surface area contributed by atoms with Gasteiger partial charge < -0.3 is 4.90 Å². The summed E-state index contributed by atoms with van der Waals surface area (Å²) in [5, 5.41) is 24.3. The van der Waals surface area contributed by atoms with Crippen LogP contribution in [0, 0.1) is 16.7 Å². The first-order valence-corrected chi connectivity index (χ1v) is 10.8. The van der Waals surface area contributed by atoms with Gasteiger partial charge in [0.1, 0.15) is 23.2 Å². The summed E-state index contributed by atoms with van der Waals surface area (Å²) in [6.07, 6.45) is 3.27. The number of nitrogens with one attached hydrogen (secondary N) is 1. The minimum absolute atomic E-state index is 0.0704. The third kappa shape index (κ3) is 4.12. The fraction of sp³-hybridized carbons (Fsp3) is 0.389. The number of rotatable bonds is 4. The summed E-state index contributed by atoms with van der Waals surface area (Å²) in [5.41, 5.74) is -4.99. The number of likely N-dealkylation sites (N-methyl/N-ethyl adjacent to an activating group) is 1. The summed E-state index contributed by atoms with van der Waals surface area (Å²) in [7, 11) is -5.82. The van der Waals surface area contributed by atoms with Crippen LogP contribution < -0.4 is 0 Å². The SMILES string of the molecule is CCN1CCC2=CC(=NN=C3N=C(C#N)C(=C=N)N3CC)/C(=N/S(=O)(=O)C(F)(F)F)C=C21. The Kier molecular flexibility index (Phi) is 6.16. The van der Waals surface area contributed by atoms with E-state index in [4.69, 9.17) is 10.7 Å². The van der Waals surface area contributed by atoms with E-state index in [1.807, 2.05) is 11.8 Å². The van der Waals surface area contributed by atoms with Crippen molar-refractivity contribution in [1.29, 1.82) is 10.7 Å². The van der Waals surface area contributed by atoms with E-state index in [-0.39, 0.29) is 29.6 Å². The second-order valence-corrected chi connectivity index (χ2v) is 8.20. The van der Waals surface area contributed by atoms with E-state index in [1.54, 1.807) is 13.0 Å². The molecule has 0 aromatic heterocycles. The lowest BCUT2D eigenvalue weighted by Gasteiger charge is -2.20. The van der Waals surface area contributed by atoms with Crippen molar-refractivity contribution in [3.8, 4) is 6.07 Å². The molecule has 0 atom stereocenters. The zero-order valence-corrected chi connectivity index (χ0v) is 17.8. The third-order valence-corrected chi connectivity index (χ3v) is 5.82. The average molecular weight is 466 g/mol. The molecule has 14 heteroatoms. The number of sulfonamides is 1. The van der Waals surface area contributed by atoms with Gasteiger partial charge in [0.15, 0.2) is 5.71 Å². The highest BCUT2D eigenvalue weighted by Crippen LogP contribution is 2.31. The van der Waals surface area contributed by atoms with Crippen molar-refractivity contribution in [2.75, 3.05) is 19.6 Å². The van der Waals surface area contributed by atoms with Crippen molar-refractivity contribution in [3.63, 3.8) is 0 Å². The van der Waals surface area contributed by atoms with E-state index in [9.17, 15) is 21.6 Å². The molecule has 32 heavy (non-hydrogen) atoms. The topological polar surface area (TPSA) is 138 Å². The van der Waals surface area contributed by atoms with Gasteiger partial charge in [-0.1, -0.05) is 0 Å². The highest BCUT2D eigenvalue weighted by molar-refractivity contribution is 7.91. The van der Waals surface area contributed by atoms with Crippen LogP contribution >= 0.6 is 0 Å². The summed E-state index contributed by atoms with van der Waals surface area (Å²) < 4.78 is 65.1. The van der Waals surface area contributed by atoms with Crippen molar-refractivity contribution < 1.29 is 21.6 Å². The first kappa shape index (κ1) is 23.1. The van der Waals surface area contributed by atoms with E-state index in [1.165, 1.54) is 17.1 Å². The molecule has 0 saturated carbocycles. The summed E-state index contributed by atoms with van der Waals surface area (Å²) in [6.45, 7) is 5.02. The molecule has 0 bridgehead atoms. The van der Waals surface area contributed by atoms with E-state index in [0.717, 1.165) is 5.57 Å². The Morgan fingerprint density at radius 3 is 2.50 bits per heavy atom. The Balaban J connectivity index is 2.13. The predicted octanol–water partition coefficient (Wildman–Crippen LogP) is 1.97. The monoisotopic (exact) mass is 466 g/mol. The van der Waals surface area contributed by atoms with Crippen LogP contribution in [0.15, 0.2) is 48.7 Å². The summed E-state index contributed by atoms with van der Waals surface area (Å²) in [4.78, 5) is 7.19. The number of nitriles is 1. The van der Waals surface area contributed by atoms with Gasteiger partial charge in [-0.3, -0.25) is 10.3 Å². The van der Waals surface area contributed by atoms with Crippen LogP contribution in [0.4, 0.5) is 13.2 Å². The minimum atomic E-state index is -5.82. The molecular weight excluding hydrogens is 449 g/mol. The van der Waals surface area contributed by atoms with Crippen LogP contribution in [0.25, 0.3) is 0 Å². The standard InChI is InChI=1S/C18H17F3N8O2S/c1-3-28-6-5-11-7-12(13(8-15(11)28)27-32(30,31)18(19,20)21)25-26-17-24-14(9-22)16(10-23)29(17)4-2/h7-8,23H,3-6H2,1-2H3/b25-12?,26-17?,27-13+. The number of likely N-dealkylation sites (tertiary alicyclic amines) is 1. The second-order valence-electron chi connectivity index (χ2n) is 6.60. The number of nitrogens with zero attached hydrogens (tertiary/aromatic N) is 7. The van der Waals surface area contributed by atoms with Crippen molar-refractivity contribution in [3.05, 3.63) is 29.1 Å². The zero-order chi connectivity index (χ0) is 23.7. The maximum absolute atomic E-state index is 12.9. The molecule has 0 aromatic rings. The summed E-state index contributed by atoms with van der Waals surface area (Å²) >= 11 is 0. The van der Waals surface area contributed by atoms with Crippen molar-refractivity contribution >= 4 is 39.0 Å². The minimum Gasteiger partial charge on any atom is -0.371 e. The molecule has 1 N–H and O–H groups in total. The lowest BCUT2D eigenvalue weighted by molar-refractivity contribution is -0.0435. The predicted molar refractivity (Wildman–Crippen MR) is 112 cm³/mol. The Labute approximate surface area is 181 Å². The molecule has 0 amide bonds. The molecule has 2 heterocycles. The van der Waals surface area contributed by atoms with Gasteiger partial charge in [0.05, 0.1) is 0 Å². The summed E-state index contributed by atoms with van der Waals surface area (Å²) in [5.74, 6) is 2.00. The number of allylic oxidation sites excluding steroid dienone is 4. The molecular formula is C18H17F3N8O2S. The fourth-order valence-electron chi connectivity index (χ4n) is 3.26. The fourth-order valence-corrected chi connectivity index (χ4v) is 3.77. The first-order valence-electron chi connectivity index (χ1n) is 9.37. The highest BCUT2D eigenvalue weighted by atomic mass is 32.2. The van der Waals surface area contributed by atoms with Gasteiger partial charge in [0.2, 0.25) is 0 Å². The van der Waals surface area contributed by atoms with Crippen LogP contribution in [0.1, 0.15) is 20.3 Å². The van der Waals surface area contributed by atoms with Gasteiger partial charge >= 0.3 is 15.5 Å². The van der Waals surface area contributed by atoms with Gasteiger partial charge in [-0.2, -0.15) is 36.2 Å². The lowest BCUT2D eigenvalue weighted by Crippen LogP contribution is -2.27. The van der Waals surface area contributed by atoms with Gasteiger partial charge in [0, 0.05) is 31.2 Å². The molecule has 1 aliphatic carbocycles. The third-order valence-electron chi connectivity index (χ3n) is 4.80. The van der Waals surface area contributed by atoms with Gasteiger partial charge in [-0.15, -0.1) is 10.2 Å². The molecule has 3 aliphatic rings. The highest BCUT2D eigenvalue weighted by Gasteiger charge is 2.46. The van der Waals surface area contributed by atoms with Crippen molar-refractivity contribution in [2.45, 2.75) is 25.8 Å². The number of aliphatic imine (C=N–C) groups is 1. The number of halogens is 3. The molecule has 2 aliphatic heterocycles. The Morgan fingerprint density at radius 1 is 1.22 bits per heavy atom. The molecule has 168 valence electrons. The van der Waals surface area contributed by atoms with E-state index in [0.29, 0.717) is 25.2 Å². The Bertz CT molecular complexity index is 1230. The normalized spacial score (nSPS) is 22.7. The van der Waals surface area contributed by atoms with Crippen LogP contribution in [-0.2, 0) is 10.0 Å². The molecule has 1 saturated heterocycles. The number of guanidine groups is 1. The number of hydrogen-bond donors (Lipinski definition) is 1. The summed E-state index contributed by atoms with van der Waals surface area (Å²) in [6, 6.07) is 1.80. The van der Waals surface area contributed by atoms with Crippen LogP contribution in [0.2, 0.25) is 0 Å². The number of alkyl halides is 3. The van der Waals surface area contributed by atoms with Gasteiger partial charge in [0.25, 0.3) is 5.96 Å². The lowest BCUT2D eigenvalue weighted by atomic mass is 10.0. The maximum Gasteiger partial charge on any atom is 0.518 e. The van der Waals surface area contributed by atoms with E-state index < -0.39 is 21.2 Å². The van der Waals surface area contributed by atoms with Crippen molar-refractivity contribution in [2.24, 2.45) is 19.6 Å². The van der Waals surface area contributed by atoms with Gasteiger partial charge in [-0.25, -0.2) is 0 Å². The molecule has 0 unspecified atom stereocenters. The average Bonchev–Trinajstić information content (AvgIpc) is 3.30. The zero-order valence-electron chi connectivity index (χ0n) is 17.0. The Hall–Kier alpha value is -3.56. The van der Waals surface area contributed by atoms with E-state index >= 15 is 0 Å². The second kappa shape index (κ2) is 8.52. The largest absolute Gasteiger partial charge is 0.518 e. The smallest absolute Gasteiger partial charge is 0.371 e. The quantitative estimate of drug-likeness (QED) is 0.384. The van der Waals surface area contributed by atoms with Crippen LogP contribution in [0.3, 0.4) is 0 Å². The van der Waals surface area contributed by atoms with Gasteiger partial charge in [-0.05, 0) is 38.0 Å². The van der Waals surface area contributed by atoms with Crippen LogP contribution in [0.5, 0.6) is 0 Å². The molecule has 3 rings (SSSR count). The first-order chi connectivity index (χ1) is 15.1. The molecule has 10 nitrogen and oxygen atoms in total. The molecule has 0 radical (unpaired) electrons. The molecule has 1 fully saturated rings. The van der Waals surface area contributed by atoms with Crippen LogP contribution in [-0.4, -0.2) is 72.3 Å².